The predicted molar refractivity (Wildman–Crippen MR) is 102 cm³/mol. The summed E-state index contributed by atoms with van der Waals surface area (Å²) in [6.07, 6.45) is 4.10. The van der Waals surface area contributed by atoms with Gasteiger partial charge in [-0.1, -0.05) is 23.7 Å². The molecule has 6 heteroatoms. The van der Waals surface area contributed by atoms with Gasteiger partial charge in [-0.2, -0.15) is 0 Å². The number of benzene rings is 1. The molecule has 134 valence electrons. The number of halogens is 2. The van der Waals surface area contributed by atoms with Gasteiger partial charge in [0.25, 0.3) is 0 Å². The molecule has 0 radical (unpaired) electrons. The number of hydrogen-bond donors (Lipinski definition) is 3. The molecule has 1 saturated heterocycles. The Morgan fingerprint density at radius 1 is 1.28 bits per heavy atom. The van der Waals surface area contributed by atoms with Crippen LogP contribution in [0.5, 0.6) is 0 Å². The van der Waals surface area contributed by atoms with E-state index in [1.165, 1.54) is 18.9 Å². The van der Waals surface area contributed by atoms with Crippen molar-refractivity contribution >= 4 is 23.0 Å². The van der Waals surface area contributed by atoms with Crippen LogP contribution in [0.1, 0.15) is 24.0 Å². The minimum atomic E-state index is -0.244. The van der Waals surface area contributed by atoms with Gasteiger partial charge in [-0.15, -0.1) is 0 Å². The number of anilines is 2. The van der Waals surface area contributed by atoms with E-state index in [9.17, 15) is 4.39 Å². The fourth-order valence-corrected chi connectivity index (χ4v) is 3.30. The summed E-state index contributed by atoms with van der Waals surface area (Å²) in [6, 6.07) is 6.91. The zero-order chi connectivity index (χ0) is 17.6. The first kappa shape index (κ1) is 18.0. The van der Waals surface area contributed by atoms with Gasteiger partial charge in [0.1, 0.15) is 11.0 Å². The molecule has 2 aromatic rings. The maximum atomic E-state index is 14.0. The van der Waals surface area contributed by atoms with Crippen LogP contribution in [0.3, 0.4) is 0 Å². The van der Waals surface area contributed by atoms with Gasteiger partial charge < -0.3 is 16.0 Å². The number of aromatic nitrogens is 1. The summed E-state index contributed by atoms with van der Waals surface area (Å²) in [5, 5.41) is 10.5. The molecule has 1 aliphatic rings. The Morgan fingerprint density at radius 2 is 2.08 bits per heavy atom. The second kappa shape index (κ2) is 8.50. The summed E-state index contributed by atoms with van der Waals surface area (Å²) in [5.74, 6) is 0.411. The summed E-state index contributed by atoms with van der Waals surface area (Å²) in [7, 11) is 0. The third-order valence-electron chi connectivity index (χ3n) is 4.67. The molecule has 3 rings (SSSR count). The average molecular weight is 363 g/mol. The van der Waals surface area contributed by atoms with Crippen molar-refractivity contribution in [3.63, 3.8) is 0 Å². The lowest BCUT2D eigenvalue weighted by Gasteiger charge is -2.24. The lowest BCUT2D eigenvalue weighted by Crippen LogP contribution is -2.31. The van der Waals surface area contributed by atoms with Crippen LogP contribution in [0.4, 0.5) is 15.8 Å². The van der Waals surface area contributed by atoms with Crippen LogP contribution < -0.4 is 16.0 Å². The van der Waals surface area contributed by atoms with Crippen molar-refractivity contribution in [1.29, 1.82) is 0 Å². The fraction of sp³-hybridized carbons (Fsp3) is 0.421. The topological polar surface area (TPSA) is 49.0 Å². The molecule has 1 aromatic heterocycles. The molecule has 2 heterocycles. The SMILES string of the molecule is Cc1cccc(F)c1NCc1cnc(Cl)cc1NCC1CCNCC1. The van der Waals surface area contributed by atoms with Crippen LogP contribution in [-0.2, 0) is 6.54 Å². The standard InChI is InChI=1S/C19H24ClFN4/c1-13-3-2-4-16(21)19(13)25-12-15-11-24-18(20)9-17(15)23-10-14-5-7-22-8-6-14/h2-4,9,11,14,22,25H,5-8,10,12H2,1H3,(H,23,24). The number of aryl methyl sites for hydroxylation is 1. The third-order valence-corrected chi connectivity index (χ3v) is 4.88. The van der Waals surface area contributed by atoms with Crippen molar-refractivity contribution < 1.29 is 4.39 Å². The molecule has 1 fully saturated rings. The summed E-state index contributed by atoms with van der Waals surface area (Å²) in [4.78, 5) is 4.17. The number of nitrogens with zero attached hydrogens (tertiary/aromatic N) is 1. The zero-order valence-corrected chi connectivity index (χ0v) is 15.2. The number of piperidine rings is 1. The Kier molecular flexibility index (Phi) is 6.10. The van der Waals surface area contributed by atoms with Crippen LogP contribution in [0.15, 0.2) is 30.5 Å². The first-order chi connectivity index (χ1) is 12.1. The first-order valence-electron chi connectivity index (χ1n) is 8.71. The largest absolute Gasteiger partial charge is 0.384 e. The molecule has 0 atom stereocenters. The van der Waals surface area contributed by atoms with Crippen LogP contribution in [0, 0.1) is 18.7 Å². The number of hydrogen-bond acceptors (Lipinski definition) is 4. The number of para-hydroxylation sites is 1. The van der Waals surface area contributed by atoms with E-state index < -0.39 is 0 Å². The normalized spacial score (nSPS) is 15.2. The molecule has 1 aromatic carbocycles. The van der Waals surface area contributed by atoms with Crippen molar-refractivity contribution in [2.75, 3.05) is 30.3 Å². The van der Waals surface area contributed by atoms with E-state index >= 15 is 0 Å². The minimum Gasteiger partial charge on any atom is -0.384 e. The van der Waals surface area contributed by atoms with E-state index in [0.717, 1.165) is 36.4 Å². The molecule has 3 N–H and O–H groups in total. The Hall–Kier alpha value is -1.85. The quantitative estimate of drug-likeness (QED) is 0.674. The van der Waals surface area contributed by atoms with Gasteiger partial charge in [-0.05, 0) is 56.5 Å². The van der Waals surface area contributed by atoms with E-state index in [0.29, 0.717) is 23.3 Å². The van der Waals surface area contributed by atoms with Crippen LogP contribution in [-0.4, -0.2) is 24.6 Å². The maximum Gasteiger partial charge on any atom is 0.146 e. The lowest BCUT2D eigenvalue weighted by atomic mass is 9.98. The monoisotopic (exact) mass is 362 g/mol. The van der Waals surface area contributed by atoms with Gasteiger partial charge in [0, 0.05) is 30.5 Å². The van der Waals surface area contributed by atoms with Gasteiger partial charge in [-0.3, -0.25) is 0 Å². The Balaban J connectivity index is 1.68. The smallest absolute Gasteiger partial charge is 0.146 e. The van der Waals surface area contributed by atoms with Gasteiger partial charge in [-0.25, -0.2) is 9.37 Å². The van der Waals surface area contributed by atoms with E-state index in [1.54, 1.807) is 12.3 Å². The second-order valence-corrected chi connectivity index (χ2v) is 6.91. The molecule has 0 aliphatic carbocycles. The van der Waals surface area contributed by atoms with Crippen molar-refractivity contribution in [1.82, 2.24) is 10.3 Å². The molecule has 0 amide bonds. The molecule has 25 heavy (non-hydrogen) atoms. The van der Waals surface area contributed by atoms with Crippen LogP contribution in [0.25, 0.3) is 0 Å². The van der Waals surface area contributed by atoms with Gasteiger partial charge in [0.05, 0.1) is 5.69 Å². The first-order valence-corrected chi connectivity index (χ1v) is 9.09. The maximum absolute atomic E-state index is 14.0. The van der Waals surface area contributed by atoms with Gasteiger partial charge >= 0.3 is 0 Å². The van der Waals surface area contributed by atoms with Crippen molar-refractivity contribution in [3.05, 3.63) is 52.6 Å². The number of rotatable bonds is 6. The summed E-state index contributed by atoms with van der Waals surface area (Å²) < 4.78 is 14.0. The summed E-state index contributed by atoms with van der Waals surface area (Å²) in [6.45, 7) is 5.44. The highest BCUT2D eigenvalue weighted by molar-refractivity contribution is 6.29. The molecule has 4 nitrogen and oxygen atoms in total. The lowest BCUT2D eigenvalue weighted by molar-refractivity contribution is 0.390. The highest BCUT2D eigenvalue weighted by atomic mass is 35.5. The molecular weight excluding hydrogens is 339 g/mol. The predicted octanol–water partition coefficient (Wildman–Crippen LogP) is 4.21. The summed E-state index contributed by atoms with van der Waals surface area (Å²) in [5.41, 5.74) is 3.34. The minimum absolute atomic E-state index is 0.244. The Bertz CT molecular complexity index is 696. The average Bonchev–Trinajstić information content (AvgIpc) is 2.62. The molecular formula is C19H24ClFN4. The van der Waals surface area contributed by atoms with E-state index in [2.05, 4.69) is 20.9 Å². The third kappa shape index (κ3) is 4.83. The van der Waals surface area contributed by atoms with E-state index in [-0.39, 0.29) is 5.82 Å². The molecule has 0 spiro atoms. The Labute approximate surface area is 153 Å². The number of pyridine rings is 1. The molecule has 0 unspecified atom stereocenters. The van der Waals surface area contributed by atoms with E-state index in [1.807, 2.05) is 19.1 Å². The van der Waals surface area contributed by atoms with Crippen molar-refractivity contribution in [3.8, 4) is 0 Å². The van der Waals surface area contributed by atoms with Crippen LogP contribution in [0.2, 0.25) is 5.15 Å². The molecule has 1 aliphatic heterocycles. The highest BCUT2D eigenvalue weighted by Crippen LogP contribution is 2.24. The highest BCUT2D eigenvalue weighted by Gasteiger charge is 2.14. The molecule has 0 bridgehead atoms. The van der Waals surface area contributed by atoms with Crippen molar-refractivity contribution in [2.24, 2.45) is 5.92 Å². The number of nitrogens with one attached hydrogen (secondary N) is 3. The van der Waals surface area contributed by atoms with Crippen molar-refractivity contribution in [2.45, 2.75) is 26.3 Å². The second-order valence-electron chi connectivity index (χ2n) is 6.52. The van der Waals surface area contributed by atoms with E-state index in [4.69, 9.17) is 11.6 Å². The van der Waals surface area contributed by atoms with Gasteiger partial charge in [0.2, 0.25) is 0 Å². The van der Waals surface area contributed by atoms with Gasteiger partial charge in [0.15, 0.2) is 0 Å². The Morgan fingerprint density at radius 3 is 2.84 bits per heavy atom. The van der Waals surface area contributed by atoms with Crippen LogP contribution >= 0.6 is 11.6 Å². The zero-order valence-electron chi connectivity index (χ0n) is 14.4. The molecule has 0 saturated carbocycles. The fourth-order valence-electron chi connectivity index (χ4n) is 3.14. The summed E-state index contributed by atoms with van der Waals surface area (Å²) >= 11 is 6.06.